The summed E-state index contributed by atoms with van der Waals surface area (Å²) in [5.74, 6) is 0.286. The van der Waals surface area contributed by atoms with E-state index >= 15 is 0 Å². The quantitative estimate of drug-likeness (QED) is 0.882. The molecule has 2 rings (SSSR count). The molecule has 2 heterocycles. The molecule has 1 aliphatic rings. The molecule has 0 aliphatic carbocycles. The van der Waals surface area contributed by atoms with E-state index in [-0.39, 0.29) is 17.9 Å². The van der Waals surface area contributed by atoms with Crippen LogP contribution in [-0.2, 0) is 16.1 Å². The fourth-order valence-electron chi connectivity index (χ4n) is 2.55. The number of thiophene rings is 1. The van der Waals surface area contributed by atoms with Crippen LogP contribution in [0.25, 0.3) is 0 Å². The summed E-state index contributed by atoms with van der Waals surface area (Å²) in [4.78, 5) is 27.9. The molecule has 0 saturated carbocycles. The summed E-state index contributed by atoms with van der Waals surface area (Å²) in [5.41, 5.74) is -0.834. The average Bonchev–Trinajstić information content (AvgIpc) is 2.76. The first-order valence-corrected chi connectivity index (χ1v) is 8.69. The van der Waals surface area contributed by atoms with Crippen molar-refractivity contribution < 1.29 is 9.59 Å². The second-order valence-corrected chi connectivity index (χ2v) is 8.95. The highest BCUT2D eigenvalue weighted by atomic mass is 79.9. The summed E-state index contributed by atoms with van der Waals surface area (Å²) < 4.78 is 1.03. The number of rotatable bonds is 4. The predicted octanol–water partition coefficient (Wildman–Crippen LogP) is 3.16. The summed E-state index contributed by atoms with van der Waals surface area (Å²) >= 11 is 5.03. The zero-order valence-corrected chi connectivity index (χ0v) is 15.2. The van der Waals surface area contributed by atoms with Crippen LogP contribution in [0, 0.1) is 5.92 Å². The van der Waals surface area contributed by atoms with Crippen molar-refractivity contribution in [3.63, 3.8) is 0 Å². The number of carbonyl (C=O) groups is 2. The van der Waals surface area contributed by atoms with Crippen LogP contribution < -0.4 is 5.32 Å². The minimum atomic E-state index is -0.834. The Labute approximate surface area is 138 Å². The maximum atomic E-state index is 12.7. The van der Waals surface area contributed by atoms with E-state index < -0.39 is 5.54 Å². The summed E-state index contributed by atoms with van der Waals surface area (Å²) in [5, 5.41) is 2.85. The lowest BCUT2D eigenvalue weighted by Crippen LogP contribution is -2.67. The van der Waals surface area contributed by atoms with Gasteiger partial charge in [-0.2, -0.15) is 0 Å². The third kappa shape index (κ3) is 3.66. The summed E-state index contributed by atoms with van der Waals surface area (Å²) in [6, 6.07) is 3.58. The van der Waals surface area contributed by atoms with Gasteiger partial charge >= 0.3 is 0 Å². The van der Waals surface area contributed by atoms with Gasteiger partial charge in [0.15, 0.2) is 0 Å². The molecule has 1 aliphatic heterocycles. The van der Waals surface area contributed by atoms with Gasteiger partial charge in [-0.15, -0.1) is 11.3 Å². The molecule has 2 amide bonds. The molecule has 1 atom stereocenters. The SMILES string of the molecule is CC(C)CC1C(=O)NC(C)(C)C(=O)N1Cc1ccc(Br)s1. The molecule has 1 aromatic heterocycles. The van der Waals surface area contributed by atoms with Crippen molar-refractivity contribution in [3.05, 3.63) is 20.8 Å². The molecule has 0 radical (unpaired) electrons. The van der Waals surface area contributed by atoms with Gasteiger partial charge in [-0.05, 0) is 54.2 Å². The van der Waals surface area contributed by atoms with Gasteiger partial charge in [0.1, 0.15) is 11.6 Å². The zero-order valence-electron chi connectivity index (χ0n) is 12.8. The van der Waals surface area contributed by atoms with Gasteiger partial charge < -0.3 is 10.2 Å². The summed E-state index contributed by atoms with van der Waals surface area (Å²) in [7, 11) is 0. The topological polar surface area (TPSA) is 49.4 Å². The van der Waals surface area contributed by atoms with Gasteiger partial charge in [0.25, 0.3) is 0 Å². The number of amides is 2. The molecular formula is C15H21BrN2O2S. The Morgan fingerprint density at radius 1 is 1.38 bits per heavy atom. The smallest absolute Gasteiger partial charge is 0.248 e. The molecule has 1 fully saturated rings. The zero-order chi connectivity index (χ0) is 15.8. The normalized spacial score (nSPS) is 21.8. The Kier molecular flexibility index (Phi) is 4.78. The first-order chi connectivity index (χ1) is 9.70. The van der Waals surface area contributed by atoms with E-state index in [4.69, 9.17) is 0 Å². The van der Waals surface area contributed by atoms with Gasteiger partial charge in [0.05, 0.1) is 10.3 Å². The third-order valence-corrected chi connectivity index (χ3v) is 5.17. The Morgan fingerprint density at radius 3 is 2.57 bits per heavy atom. The van der Waals surface area contributed by atoms with Crippen LogP contribution in [-0.4, -0.2) is 28.3 Å². The molecule has 1 unspecified atom stereocenters. The van der Waals surface area contributed by atoms with Crippen LogP contribution in [0.5, 0.6) is 0 Å². The lowest BCUT2D eigenvalue weighted by atomic mass is 9.92. The average molecular weight is 373 g/mol. The molecule has 6 heteroatoms. The summed E-state index contributed by atoms with van der Waals surface area (Å²) in [6.45, 7) is 8.14. The van der Waals surface area contributed by atoms with Crippen LogP contribution in [0.3, 0.4) is 0 Å². The molecular weight excluding hydrogens is 352 g/mol. The molecule has 1 aromatic rings. The van der Waals surface area contributed by atoms with Crippen molar-refractivity contribution in [2.75, 3.05) is 0 Å². The van der Waals surface area contributed by atoms with Gasteiger partial charge in [-0.25, -0.2) is 0 Å². The first kappa shape index (κ1) is 16.5. The van der Waals surface area contributed by atoms with E-state index in [0.717, 1.165) is 8.66 Å². The number of hydrogen-bond donors (Lipinski definition) is 1. The molecule has 4 nitrogen and oxygen atoms in total. The summed E-state index contributed by atoms with van der Waals surface area (Å²) in [6.07, 6.45) is 0.681. The number of nitrogens with zero attached hydrogens (tertiary/aromatic N) is 1. The predicted molar refractivity (Wildman–Crippen MR) is 88.0 cm³/mol. The van der Waals surface area contributed by atoms with Crippen molar-refractivity contribution in [2.24, 2.45) is 5.92 Å². The Bertz CT molecular complexity index is 554. The minimum absolute atomic E-state index is 0.0164. The fraction of sp³-hybridized carbons (Fsp3) is 0.600. The van der Waals surface area contributed by atoms with Gasteiger partial charge in [-0.1, -0.05) is 13.8 Å². The first-order valence-electron chi connectivity index (χ1n) is 7.08. The van der Waals surface area contributed by atoms with E-state index in [1.165, 1.54) is 0 Å². The van der Waals surface area contributed by atoms with Gasteiger partial charge in [0.2, 0.25) is 11.8 Å². The van der Waals surface area contributed by atoms with Crippen molar-refractivity contribution in [1.82, 2.24) is 10.2 Å². The number of piperazine rings is 1. The third-order valence-electron chi connectivity index (χ3n) is 3.56. The Hall–Kier alpha value is -0.880. The van der Waals surface area contributed by atoms with E-state index in [1.54, 1.807) is 30.1 Å². The second kappa shape index (κ2) is 6.08. The maximum absolute atomic E-state index is 12.7. The van der Waals surface area contributed by atoms with Crippen molar-refractivity contribution in [2.45, 2.75) is 52.2 Å². The van der Waals surface area contributed by atoms with Crippen molar-refractivity contribution in [1.29, 1.82) is 0 Å². The molecule has 0 aromatic carbocycles. The highest BCUT2D eigenvalue weighted by molar-refractivity contribution is 9.11. The van der Waals surface area contributed by atoms with E-state index in [1.807, 2.05) is 12.1 Å². The van der Waals surface area contributed by atoms with Crippen LogP contribution in [0.1, 0.15) is 39.0 Å². The lowest BCUT2D eigenvalue weighted by Gasteiger charge is -2.43. The number of nitrogens with one attached hydrogen (secondary N) is 1. The monoisotopic (exact) mass is 372 g/mol. The van der Waals surface area contributed by atoms with Crippen LogP contribution >= 0.6 is 27.3 Å². The maximum Gasteiger partial charge on any atom is 0.248 e. The fourth-order valence-corrected chi connectivity index (χ4v) is 4.04. The Morgan fingerprint density at radius 2 is 2.05 bits per heavy atom. The lowest BCUT2D eigenvalue weighted by molar-refractivity contribution is -0.154. The highest BCUT2D eigenvalue weighted by Crippen LogP contribution is 2.28. The van der Waals surface area contributed by atoms with E-state index in [0.29, 0.717) is 18.9 Å². The largest absolute Gasteiger partial charge is 0.340 e. The number of carbonyl (C=O) groups excluding carboxylic acids is 2. The minimum Gasteiger partial charge on any atom is -0.340 e. The van der Waals surface area contributed by atoms with Crippen LogP contribution in [0.15, 0.2) is 15.9 Å². The van der Waals surface area contributed by atoms with Crippen molar-refractivity contribution in [3.8, 4) is 0 Å². The molecule has 1 saturated heterocycles. The number of hydrogen-bond acceptors (Lipinski definition) is 3. The van der Waals surface area contributed by atoms with Crippen LogP contribution in [0.2, 0.25) is 0 Å². The second-order valence-electron chi connectivity index (χ2n) is 6.40. The van der Waals surface area contributed by atoms with E-state index in [9.17, 15) is 9.59 Å². The highest BCUT2D eigenvalue weighted by Gasteiger charge is 2.45. The molecule has 116 valence electrons. The number of halogens is 1. The molecule has 1 N–H and O–H groups in total. The van der Waals surface area contributed by atoms with Gasteiger partial charge in [-0.3, -0.25) is 9.59 Å². The Balaban J connectivity index is 2.28. The molecule has 21 heavy (non-hydrogen) atoms. The van der Waals surface area contributed by atoms with Crippen molar-refractivity contribution >= 4 is 39.1 Å². The van der Waals surface area contributed by atoms with Crippen LogP contribution in [0.4, 0.5) is 0 Å². The van der Waals surface area contributed by atoms with E-state index in [2.05, 4.69) is 35.1 Å². The molecule has 0 spiro atoms. The van der Waals surface area contributed by atoms with Gasteiger partial charge in [0, 0.05) is 4.88 Å². The standard InChI is InChI=1S/C15H21BrN2O2S/c1-9(2)7-11-13(19)17-15(3,4)14(20)18(11)8-10-5-6-12(16)21-10/h5-6,9,11H,7-8H2,1-4H3,(H,17,19). The molecule has 0 bridgehead atoms.